The Balaban J connectivity index is 2.02. The summed E-state index contributed by atoms with van der Waals surface area (Å²) in [6.45, 7) is 3.18. The van der Waals surface area contributed by atoms with E-state index in [1.807, 2.05) is 6.07 Å². The molecular weight excluding hydrogens is 408 g/mol. The predicted octanol–water partition coefficient (Wildman–Crippen LogP) is 2.59. The average Bonchev–Trinajstić information content (AvgIpc) is 2.75. The number of unbranched alkanes of at least 4 members (excludes halogenated alkanes) is 2. The smallest absolute Gasteiger partial charge is 0.241 e. The molecule has 1 aliphatic heterocycles. The van der Waals surface area contributed by atoms with Gasteiger partial charge in [0.1, 0.15) is 18.2 Å². The highest BCUT2D eigenvalue weighted by Gasteiger charge is 2.25. The zero-order chi connectivity index (χ0) is 21.9. The standard InChI is InChI=1S/C21H27ClN4O4/c1-16(27)24-10-4-2-3-6-20(28)26-12-13-30-19-14-17(7-8-18(19)26)25(11-5-9-23)21(29)15-22/h7-8,14H,2-6,10-13,15H2,1H3,(H,24,27). The molecule has 0 saturated heterocycles. The summed E-state index contributed by atoms with van der Waals surface area (Å²) in [7, 11) is 0. The lowest BCUT2D eigenvalue weighted by Crippen LogP contribution is -2.38. The Hall–Kier alpha value is -2.79. The summed E-state index contributed by atoms with van der Waals surface area (Å²) in [5, 5.41) is 11.6. The third-order valence-corrected chi connectivity index (χ3v) is 4.95. The first-order valence-corrected chi connectivity index (χ1v) is 10.6. The fraction of sp³-hybridized carbons (Fsp3) is 0.524. The summed E-state index contributed by atoms with van der Waals surface area (Å²) in [5.74, 6) is 0.0203. The van der Waals surface area contributed by atoms with E-state index in [1.54, 1.807) is 23.1 Å². The van der Waals surface area contributed by atoms with Gasteiger partial charge in [-0.1, -0.05) is 6.42 Å². The topological polar surface area (TPSA) is 103 Å². The number of anilines is 2. The number of hydrogen-bond donors (Lipinski definition) is 1. The molecule has 1 aliphatic rings. The number of halogens is 1. The largest absolute Gasteiger partial charge is 0.489 e. The molecule has 1 aromatic rings. The van der Waals surface area contributed by atoms with Crippen molar-refractivity contribution in [3.63, 3.8) is 0 Å². The maximum Gasteiger partial charge on any atom is 0.241 e. The quantitative estimate of drug-likeness (QED) is 0.450. The first-order chi connectivity index (χ1) is 14.5. The Kier molecular flexibility index (Phi) is 9.42. The number of fused-ring (bicyclic) bond motifs is 1. The van der Waals surface area contributed by atoms with Crippen molar-refractivity contribution in [1.82, 2.24) is 5.32 Å². The van der Waals surface area contributed by atoms with Crippen LogP contribution in [-0.2, 0) is 14.4 Å². The van der Waals surface area contributed by atoms with E-state index in [0.717, 1.165) is 19.3 Å². The van der Waals surface area contributed by atoms with Crippen molar-refractivity contribution < 1.29 is 19.1 Å². The summed E-state index contributed by atoms with van der Waals surface area (Å²) >= 11 is 5.70. The van der Waals surface area contributed by atoms with Crippen LogP contribution in [0, 0.1) is 11.3 Å². The molecule has 2 rings (SSSR count). The van der Waals surface area contributed by atoms with Crippen LogP contribution in [0.25, 0.3) is 0 Å². The van der Waals surface area contributed by atoms with Crippen LogP contribution in [0.5, 0.6) is 5.75 Å². The van der Waals surface area contributed by atoms with E-state index in [9.17, 15) is 14.4 Å². The van der Waals surface area contributed by atoms with Crippen LogP contribution in [0.3, 0.4) is 0 Å². The number of nitrogens with one attached hydrogen (secondary N) is 1. The third kappa shape index (κ3) is 6.63. The van der Waals surface area contributed by atoms with Gasteiger partial charge in [0.05, 0.1) is 24.7 Å². The lowest BCUT2D eigenvalue weighted by atomic mass is 10.1. The van der Waals surface area contributed by atoms with Gasteiger partial charge in [0.15, 0.2) is 0 Å². The molecule has 0 spiro atoms. The molecule has 0 fully saturated rings. The second-order valence-corrected chi connectivity index (χ2v) is 7.19. The van der Waals surface area contributed by atoms with Crippen LogP contribution < -0.4 is 19.9 Å². The molecule has 9 heteroatoms. The molecule has 0 radical (unpaired) electrons. The number of ether oxygens (including phenoxy) is 1. The van der Waals surface area contributed by atoms with E-state index >= 15 is 0 Å². The predicted molar refractivity (Wildman–Crippen MR) is 115 cm³/mol. The first-order valence-electron chi connectivity index (χ1n) is 10.0. The average molecular weight is 435 g/mol. The molecule has 0 bridgehead atoms. The minimum atomic E-state index is -0.296. The molecule has 0 saturated carbocycles. The molecule has 0 aromatic heterocycles. The molecule has 0 atom stereocenters. The SMILES string of the molecule is CC(=O)NCCCCCC(=O)N1CCOc2cc(N(CCC#N)C(=O)CCl)ccc21. The van der Waals surface area contributed by atoms with Crippen LogP contribution in [0.15, 0.2) is 18.2 Å². The van der Waals surface area contributed by atoms with Gasteiger partial charge < -0.3 is 19.9 Å². The first kappa shape index (κ1) is 23.5. The van der Waals surface area contributed by atoms with E-state index in [-0.39, 0.29) is 36.6 Å². The summed E-state index contributed by atoms with van der Waals surface area (Å²) in [6, 6.07) is 7.24. The number of nitriles is 1. The number of nitrogens with zero attached hydrogens (tertiary/aromatic N) is 3. The molecule has 30 heavy (non-hydrogen) atoms. The van der Waals surface area contributed by atoms with Gasteiger partial charge in [0.2, 0.25) is 17.7 Å². The monoisotopic (exact) mass is 434 g/mol. The van der Waals surface area contributed by atoms with E-state index in [0.29, 0.717) is 43.2 Å². The van der Waals surface area contributed by atoms with Crippen molar-refractivity contribution in [2.75, 3.05) is 41.9 Å². The van der Waals surface area contributed by atoms with E-state index in [4.69, 9.17) is 21.6 Å². The molecule has 1 N–H and O–H groups in total. The van der Waals surface area contributed by atoms with Crippen LogP contribution in [-0.4, -0.2) is 49.8 Å². The van der Waals surface area contributed by atoms with Crippen molar-refractivity contribution in [2.45, 2.75) is 39.0 Å². The number of carbonyl (C=O) groups is 3. The Morgan fingerprint density at radius 1 is 1.30 bits per heavy atom. The fourth-order valence-corrected chi connectivity index (χ4v) is 3.39. The lowest BCUT2D eigenvalue weighted by molar-refractivity contribution is -0.120. The summed E-state index contributed by atoms with van der Waals surface area (Å²) in [4.78, 5) is 38.9. The molecule has 0 unspecified atom stereocenters. The van der Waals surface area contributed by atoms with Crippen molar-refractivity contribution >= 4 is 40.7 Å². The minimum absolute atomic E-state index is 0.0185. The molecule has 0 aliphatic carbocycles. The van der Waals surface area contributed by atoms with Crippen molar-refractivity contribution in [2.24, 2.45) is 0 Å². The normalized spacial score (nSPS) is 12.4. The summed E-state index contributed by atoms with van der Waals surface area (Å²) < 4.78 is 5.72. The zero-order valence-electron chi connectivity index (χ0n) is 17.2. The number of alkyl halides is 1. The second-order valence-electron chi connectivity index (χ2n) is 6.93. The zero-order valence-corrected chi connectivity index (χ0v) is 17.9. The number of hydrogen-bond acceptors (Lipinski definition) is 5. The van der Waals surface area contributed by atoms with Crippen molar-refractivity contribution in [3.8, 4) is 11.8 Å². The fourth-order valence-electron chi connectivity index (χ4n) is 3.24. The molecule has 1 aromatic carbocycles. The second kappa shape index (κ2) is 12.0. The van der Waals surface area contributed by atoms with Gasteiger partial charge in [-0.3, -0.25) is 14.4 Å². The highest BCUT2D eigenvalue weighted by Crippen LogP contribution is 2.36. The summed E-state index contributed by atoms with van der Waals surface area (Å²) in [6.07, 6.45) is 3.04. The van der Waals surface area contributed by atoms with E-state index in [1.165, 1.54) is 11.8 Å². The molecular formula is C21H27ClN4O4. The van der Waals surface area contributed by atoms with Gasteiger partial charge in [-0.15, -0.1) is 11.6 Å². The maximum absolute atomic E-state index is 12.7. The highest BCUT2D eigenvalue weighted by atomic mass is 35.5. The van der Waals surface area contributed by atoms with Crippen molar-refractivity contribution in [1.29, 1.82) is 5.26 Å². The van der Waals surface area contributed by atoms with Gasteiger partial charge in [-0.2, -0.15) is 5.26 Å². The van der Waals surface area contributed by atoms with Crippen LogP contribution >= 0.6 is 11.6 Å². The van der Waals surface area contributed by atoms with E-state index < -0.39 is 0 Å². The van der Waals surface area contributed by atoms with Gasteiger partial charge in [-0.25, -0.2) is 0 Å². The highest BCUT2D eigenvalue weighted by molar-refractivity contribution is 6.29. The van der Waals surface area contributed by atoms with Gasteiger partial charge in [-0.05, 0) is 25.0 Å². The van der Waals surface area contributed by atoms with Crippen molar-refractivity contribution in [3.05, 3.63) is 18.2 Å². The molecule has 8 nitrogen and oxygen atoms in total. The summed E-state index contributed by atoms with van der Waals surface area (Å²) in [5.41, 5.74) is 1.26. The number of rotatable bonds is 10. The Labute approximate surface area is 181 Å². The van der Waals surface area contributed by atoms with Gasteiger partial charge >= 0.3 is 0 Å². The molecule has 162 valence electrons. The third-order valence-electron chi connectivity index (χ3n) is 4.72. The number of carbonyl (C=O) groups excluding carboxylic acids is 3. The molecule has 1 heterocycles. The van der Waals surface area contributed by atoms with Crippen LogP contribution in [0.4, 0.5) is 11.4 Å². The Morgan fingerprint density at radius 3 is 2.80 bits per heavy atom. The minimum Gasteiger partial charge on any atom is -0.489 e. The van der Waals surface area contributed by atoms with Crippen LogP contribution in [0.2, 0.25) is 0 Å². The number of benzene rings is 1. The van der Waals surface area contributed by atoms with E-state index in [2.05, 4.69) is 5.32 Å². The van der Waals surface area contributed by atoms with Gasteiger partial charge in [0.25, 0.3) is 0 Å². The Bertz CT molecular complexity index is 809. The van der Waals surface area contributed by atoms with Crippen LogP contribution in [0.1, 0.15) is 39.0 Å². The van der Waals surface area contributed by atoms with Gasteiger partial charge in [0, 0.05) is 38.2 Å². The maximum atomic E-state index is 12.7. The number of amides is 3. The molecule has 3 amide bonds. The lowest BCUT2D eigenvalue weighted by Gasteiger charge is -2.31. The Morgan fingerprint density at radius 2 is 2.10 bits per heavy atom.